The maximum atomic E-state index is 9.00. The first-order chi connectivity index (χ1) is 4.63. The van der Waals surface area contributed by atoms with Gasteiger partial charge < -0.3 is 10.4 Å². The van der Waals surface area contributed by atoms with Crippen LogP contribution < -0.4 is 5.32 Å². The Balaban J connectivity index is 0.000000180. The highest BCUT2D eigenvalue weighted by atomic mass is 16.4. The van der Waals surface area contributed by atoms with Crippen molar-refractivity contribution in [1.82, 2.24) is 5.32 Å². The topological polar surface area (TPSA) is 49.3 Å². The number of carboxylic acid groups (broad SMARTS) is 1. The third-order valence-corrected chi connectivity index (χ3v) is 1.31. The van der Waals surface area contributed by atoms with E-state index in [2.05, 4.69) is 12.2 Å². The number of hydrogen-bond donors (Lipinski definition) is 2. The molecule has 0 aromatic rings. The molecule has 1 aliphatic rings. The lowest BCUT2D eigenvalue weighted by Gasteiger charge is -1.95. The fraction of sp³-hybridized carbons (Fsp3) is 0.857. The molecule has 10 heavy (non-hydrogen) atoms. The first kappa shape index (κ1) is 9.43. The van der Waals surface area contributed by atoms with Crippen LogP contribution in [0.1, 0.15) is 26.7 Å². The second-order valence-electron chi connectivity index (χ2n) is 2.52. The Morgan fingerprint density at radius 2 is 2.20 bits per heavy atom. The van der Waals surface area contributed by atoms with E-state index in [4.69, 9.17) is 9.90 Å². The summed E-state index contributed by atoms with van der Waals surface area (Å²) in [6, 6.07) is 0.796. The van der Waals surface area contributed by atoms with Gasteiger partial charge in [-0.05, 0) is 26.3 Å². The first-order valence-electron chi connectivity index (χ1n) is 3.56. The molecule has 60 valence electrons. The number of carboxylic acids is 1. The molecule has 1 rings (SSSR count). The van der Waals surface area contributed by atoms with Crippen LogP contribution in [0.15, 0.2) is 0 Å². The van der Waals surface area contributed by atoms with E-state index in [1.807, 2.05) is 0 Å². The molecule has 1 aliphatic heterocycles. The van der Waals surface area contributed by atoms with Crippen LogP contribution in [0.4, 0.5) is 0 Å². The SMILES string of the molecule is CC(=O)O.C[C@H]1CCCN1. The van der Waals surface area contributed by atoms with Crippen molar-refractivity contribution in [3.05, 3.63) is 0 Å². The molecule has 3 nitrogen and oxygen atoms in total. The first-order valence-corrected chi connectivity index (χ1v) is 3.56. The zero-order chi connectivity index (χ0) is 7.98. The van der Waals surface area contributed by atoms with Gasteiger partial charge in [0.25, 0.3) is 5.97 Å². The summed E-state index contributed by atoms with van der Waals surface area (Å²) in [5.74, 6) is -0.833. The predicted octanol–water partition coefficient (Wildman–Crippen LogP) is 0.849. The molecule has 0 aliphatic carbocycles. The molecule has 3 heteroatoms. The van der Waals surface area contributed by atoms with E-state index in [1.165, 1.54) is 19.4 Å². The summed E-state index contributed by atoms with van der Waals surface area (Å²) in [5, 5.41) is 10.7. The number of carbonyl (C=O) groups is 1. The number of aliphatic carboxylic acids is 1. The zero-order valence-corrected chi connectivity index (χ0v) is 6.55. The minimum Gasteiger partial charge on any atom is -0.481 e. The molecular formula is C7H15NO2. The summed E-state index contributed by atoms with van der Waals surface area (Å²) in [7, 11) is 0. The van der Waals surface area contributed by atoms with E-state index in [-0.39, 0.29) is 0 Å². The smallest absolute Gasteiger partial charge is 0.300 e. The molecule has 2 N–H and O–H groups in total. The number of nitrogens with one attached hydrogen (secondary N) is 1. The molecule has 0 saturated carbocycles. The third-order valence-electron chi connectivity index (χ3n) is 1.31. The summed E-state index contributed by atoms with van der Waals surface area (Å²) in [6.45, 7) is 4.55. The predicted molar refractivity (Wildman–Crippen MR) is 40.0 cm³/mol. The van der Waals surface area contributed by atoms with E-state index >= 15 is 0 Å². The molecule has 0 bridgehead atoms. The fourth-order valence-electron chi connectivity index (χ4n) is 0.859. The summed E-state index contributed by atoms with van der Waals surface area (Å²) in [5.41, 5.74) is 0. The van der Waals surface area contributed by atoms with E-state index < -0.39 is 5.97 Å². The lowest BCUT2D eigenvalue weighted by molar-refractivity contribution is -0.134. The molecule has 1 atom stereocenters. The molecule has 0 aromatic carbocycles. The van der Waals surface area contributed by atoms with Crippen LogP contribution >= 0.6 is 0 Å². The van der Waals surface area contributed by atoms with E-state index in [1.54, 1.807) is 0 Å². The maximum absolute atomic E-state index is 9.00. The minimum atomic E-state index is -0.833. The van der Waals surface area contributed by atoms with Crippen molar-refractivity contribution in [3.63, 3.8) is 0 Å². The Morgan fingerprint density at radius 3 is 2.30 bits per heavy atom. The van der Waals surface area contributed by atoms with Crippen molar-refractivity contribution in [1.29, 1.82) is 0 Å². The second-order valence-corrected chi connectivity index (χ2v) is 2.52. The van der Waals surface area contributed by atoms with Crippen molar-refractivity contribution >= 4 is 5.97 Å². The Morgan fingerprint density at radius 1 is 1.70 bits per heavy atom. The molecule has 0 amide bonds. The summed E-state index contributed by atoms with van der Waals surface area (Å²) in [6.07, 6.45) is 2.75. The van der Waals surface area contributed by atoms with Gasteiger partial charge in [0.1, 0.15) is 0 Å². The average Bonchev–Trinajstić information content (AvgIpc) is 2.15. The summed E-state index contributed by atoms with van der Waals surface area (Å²) in [4.78, 5) is 9.00. The van der Waals surface area contributed by atoms with E-state index in [9.17, 15) is 0 Å². The standard InChI is InChI=1S/C5H11N.C2H4O2/c1-5-3-2-4-6-5;1-2(3)4/h5-6H,2-4H2,1H3;1H3,(H,3,4)/t5-;/m0./s1. The van der Waals surface area contributed by atoms with Crippen LogP contribution in [-0.4, -0.2) is 23.7 Å². The van der Waals surface area contributed by atoms with Crippen LogP contribution in [0.25, 0.3) is 0 Å². The molecule has 1 saturated heterocycles. The van der Waals surface area contributed by atoms with Gasteiger partial charge in [-0.25, -0.2) is 0 Å². The van der Waals surface area contributed by atoms with Crippen molar-refractivity contribution in [3.8, 4) is 0 Å². The molecular weight excluding hydrogens is 130 g/mol. The second kappa shape index (κ2) is 5.23. The quantitative estimate of drug-likeness (QED) is 0.531. The highest BCUT2D eigenvalue weighted by Crippen LogP contribution is 2.01. The van der Waals surface area contributed by atoms with Crippen molar-refractivity contribution in [2.24, 2.45) is 0 Å². The fourth-order valence-corrected chi connectivity index (χ4v) is 0.859. The van der Waals surface area contributed by atoms with Gasteiger partial charge in [0.15, 0.2) is 0 Å². The Labute approximate surface area is 61.4 Å². The van der Waals surface area contributed by atoms with Crippen LogP contribution in [0, 0.1) is 0 Å². The van der Waals surface area contributed by atoms with E-state index in [0.29, 0.717) is 0 Å². The molecule has 0 aromatic heterocycles. The van der Waals surface area contributed by atoms with Crippen LogP contribution in [0.5, 0.6) is 0 Å². The summed E-state index contributed by atoms with van der Waals surface area (Å²) >= 11 is 0. The minimum absolute atomic E-state index is 0.796. The normalized spacial score (nSPS) is 23.2. The van der Waals surface area contributed by atoms with Gasteiger partial charge >= 0.3 is 0 Å². The summed E-state index contributed by atoms with van der Waals surface area (Å²) < 4.78 is 0. The van der Waals surface area contributed by atoms with Gasteiger partial charge in [0.05, 0.1) is 0 Å². The molecule has 0 radical (unpaired) electrons. The van der Waals surface area contributed by atoms with Crippen LogP contribution in [0.3, 0.4) is 0 Å². The molecule has 0 spiro atoms. The lowest BCUT2D eigenvalue weighted by Crippen LogP contribution is -2.16. The van der Waals surface area contributed by atoms with E-state index in [0.717, 1.165) is 13.0 Å². The maximum Gasteiger partial charge on any atom is 0.300 e. The highest BCUT2D eigenvalue weighted by molar-refractivity contribution is 5.62. The Bertz CT molecular complexity index is 93.8. The van der Waals surface area contributed by atoms with Crippen LogP contribution in [0.2, 0.25) is 0 Å². The molecule has 1 heterocycles. The monoisotopic (exact) mass is 145 g/mol. The van der Waals surface area contributed by atoms with Gasteiger partial charge in [0.2, 0.25) is 0 Å². The third kappa shape index (κ3) is 7.43. The number of hydrogen-bond acceptors (Lipinski definition) is 2. The lowest BCUT2D eigenvalue weighted by atomic mass is 10.3. The molecule has 1 fully saturated rings. The van der Waals surface area contributed by atoms with Gasteiger partial charge in [-0.2, -0.15) is 0 Å². The van der Waals surface area contributed by atoms with Gasteiger partial charge in [0, 0.05) is 13.0 Å². The van der Waals surface area contributed by atoms with Crippen molar-refractivity contribution < 1.29 is 9.90 Å². The number of rotatable bonds is 0. The molecule has 0 unspecified atom stereocenters. The highest BCUT2D eigenvalue weighted by Gasteiger charge is 2.05. The van der Waals surface area contributed by atoms with Crippen LogP contribution in [-0.2, 0) is 4.79 Å². The zero-order valence-electron chi connectivity index (χ0n) is 6.55. The van der Waals surface area contributed by atoms with Crippen molar-refractivity contribution in [2.75, 3.05) is 6.54 Å². The van der Waals surface area contributed by atoms with Gasteiger partial charge in [-0.1, -0.05) is 0 Å². The largest absolute Gasteiger partial charge is 0.481 e. The average molecular weight is 145 g/mol. The van der Waals surface area contributed by atoms with Crippen molar-refractivity contribution in [2.45, 2.75) is 32.7 Å². The van der Waals surface area contributed by atoms with Gasteiger partial charge in [-0.15, -0.1) is 0 Å². The van der Waals surface area contributed by atoms with Gasteiger partial charge in [-0.3, -0.25) is 4.79 Å². The Kier molecular flexibility index (Phi) is 4.94. The Hall–Kier alpha value is -0.570.